The van der Waals surface area contributed by atoms with Crippen LogP contribution in [0.4, 0.5) is 92.2 Å². The Morgan fingerprint density at radius 2 is 1.02 bits per heavy atom. The second-order valence-electron chi connectivity index (χ2n) is 17.7. The van der Waals surface area contributed by atoms with Gasteiger partial charge in [0.1, 0.15) is 18.3 Å². The second-order valence-corrected chi connectivity index (χ2v) is 17.7. The standard InChI is InChI=1S/C37H39F21O8/c1-14(5-8-22(59)63-4)17-6-7-18-23-19(13-21(28(17,18)3)66-26(62)31(42,43)34(48,49)37(56,57)58)27(2)10-9-16(64-24(60)29(38,39)32(44,45)35(50,51)52)11-15(27)12-20(23)65-25(61)30(40,41)33(46,47)36(53,54)55/h14-21,23H,5-13H2,1-4H3/t14-,15+,16-,17-,18+,19+,20-,21+,23+,27+,28-/m1/s1. The Bertz CT molecular complexity index is 1850. The predicted molar refractivity (Wildman–Crippen MR) is 174 cm³/mol. The summed E-state index contributed by atoms with van der Waals surface area (Å²) in [4.78, 5) is 49.9. The normalized spacial score (nSPS) is 32.0. The quantitative estimate of drug-likeness (QED) is 0.102. The molecule has 66 heavy (non-hydrogen) atoms. The summed E-state index contributed by atoms with van der Waals surface area (Å²) in [6.45, 7) is 3.68. The zero-order chi connectivity index (χ0) is 51.2. The summed E-state index contributed by atoms with van der Waals surface area (Å²) in [5.41, 5.74) is -3.77. The number of halogens is 21. The molecule has 0 spiro atoms. The van der Waals surface area contributed by atoms with Crippen molar-refractivity contribution in [1.82, 2.24) is 0 Å². The van der Waals surface area contributed by atoms with Crippen molar-refractivity contribution in [3.05, 3.63) is 0 Å². The highest BCUT2D eigenvalue weighted by atomic mass is 19.4. The summed E-state index contributed by atoms with van der Waals surface area (Å²) in [6, 6.07) is 0. The van der Waals surface area contributed by atoms with Crippen LogP contribution in [0.3, 0.4) is 0 Å². The molecule has 4 rings (SSSR count). The topological polar surface area (TPSA) is 105 Å². The Kier molecular flexibility index (Phi) is 14.3. The van der Waals surface area contributed by atoms with E-state index < -0.39 is 181 Å². The molecule has 4 aliphatic carbocycles. The Balaban J connectivity index is 1.88. The highest BCUT2D eigenvalue weighted by Crippen LogP contribution is 2.70. The van der Waals surface area contributed by atoms with Crippen LogP contribution in [0.15, 0.2) is 0 Å². The van der Waals surface area contributed by atoms with Crippen molar-refractivity contribution >= 4 is 23.9 Å². The van der Waals surface area contributed by atoms with Gasteiger partial charge in [0.25, 0.3) is 0 Å². The SMILES string of the molecule is COC(=O)CC[C@@H](C)[C@H]1CC[C@H]2[C@@H]3[C@H](OC(=O)C(F)(F)C(F)(F)C(F)(F)F)C[C@@H]4C[C@H](OC(=O)C(F)(F)C(F)(F)C(F)(F)F)CC[C@]4(C)[C@H]3C[C@H](OC(=O)C(F)(F)C(F)(F)C(F)(F)F)[C@]12C. The van der Waals surface area contributed by atoms with Crippen LogP contribution < -0.4 is 0 Å². The molecule has 4 fully saturated rings. The Morgan fingerprint density at radius 3 is 1.45 bits per heavy atom. The van der Waals surface area contributed by atoms with Crippen LogP contribution in [0, 0.1) is 46.3 Å². The number of alkyl halides is 21. The fourth-order valence-electron chi connectivity index (χ4n) is 10.7. The van der Waals surface area contributed by atoms with Gasteiger partial charge in [-0.2, -0.15) is 92.2 Å². The number of ether oxygens (including phenoxy) is 4. The molecule has 0 aromatic carbocycles. The van der Waals surface area contributed by atoms with Crippen molar-refractivity contribution in [1.29, 1.82) is 0 Å². The number of fused-ring (bicyclic) bond motifs is 5. The van der Waals surface area contributed by atoms with E-state index in [9.17, 15) is 111 Å². The predicted octanol–water partition coefficient (Wildman–Crippen LogP) is 10.7. The van der Waals surface area contributed by atoms with Crippen LogP contribution in [0.5, 0.6) is 0 Å². The van der Waals surface area contributed by atoms with E-state index >= 15 is 0 Å². The van der Waals surface area contributed by atoms with Crippen LogP contribution >= 0.6 is 0 Å². The molecule has 0 aromatic heterocycles. The third-order valence-electron chi connectivity index (χ3n) is 14.3. The van der Waals surface area contributed by atoms with Crippen LogP contribution in [-0.2, 0) is 38.1 Å². The molecule has 0 bridgehead atoms. The molecule has 8 nitrogen and oxygen atoms in total. The summed E-state index contributed by atoms with van der Waals surface area (Å²) in [5, 5.41) is 0. The summed E-state index contributed by atoms with van der Waals surface area (Å²) < 4.78 is 308. The lowest BCUT2D eigenvalue weighted by molar-refractivity contribution is -0.351. The van der Waals surface area contributed by atoms with Crippen molar-refractivity contribution in [3.8, 4) is 0 Å². The van der Waals surface area contributed by atoms with Crippen LogP contribution in [0.25, 0.3) is 0 Å². The van der Waals surface area contributed by atoms with E-state index in [1.54, 1.807) is 0 Å². The van der Waals surface area contributed by atoms with Gasteiger partial charge in [0, 0.05) is 17.8 Å². The maximum atomic E-state index is 14.9. The molecule has 11 atom stereocenters. The minimum atomic E-state index is -7.15. The van der Waals surface area contributed by atoms with Gasteiger partial charge in [0.15, 0.2) is 0 Å². The molecule has 4 aliphatic rings. The maximum Gasteiger partial charge on any atom is 0.460 e. The summed E-state index contributed by atoms with van der Waals surface area (Å²) in [7, 11) is 0.971. The molecule has 0 aromatic rings. The van der Waals surface area contributed by atoms with Crippen molar-refractivity contribution < 1.29 is 130 Å². The van der Waals surface area contributed by atoms with Gasteiger partial charge in [0.2, 0.25) is 0 Å². The van der Waals surface area contributed by atoms with E-state index in [1.807, 2.05) is 0 Å². The van der Waals surface area contributed by atoms with E-state index in [1.165, 1.54) is 13.8 Å². The van der Waals surface area contributed by atoms with Crippen molar-refractivity contribution in [3.63, 3.8) is 0 Å². The van der Waals surface area contributed by atoms with Crippen LogP contribution in [-0.4, -0.2) is 103 Å². The number of carbonyl (C=O) groups is 4. The van der Waals surface area contributed by atoms with E-state index in [0.29, 0.717) is 0 Å². The first-order chi connectivity index (χ1) is 29.4. The van der Waals surface area contributed by atoms with Crippen LogP contribution in [0.1, 0.15) is 78.6 Å². The molecule has 0 amide bonds. The first-order valence-corrected chi connectivity index (χ1v) is 19.6. The maximum absolute atomic E-state index is 14.9. The highest BCUT2D eigenvalue weighted by molar-refractivity contribution is 5.80. The molecule has 382 valence electrons. The van der Waals surface area contributed by atoms with Gasteiger partial charge < -0.3 is 18.9 Å². The Morgan fingerprint density at radius 1 is 0.576 bits per heavy atom. The van der Waals surface area contributed by atoms with Crippen molar-refractivity contribution in [2.45, 2.75) is 151 Å². The summed E-state index contributed by atoms with van der Waals surface area (Å²) in [6.07, 6.45) is -33.6. The van der Waals surface area contributed by atoms with E-state index in [4.69, 9.17) is 9.47 Å². The van der Waals surface area contributed by atoms with Gasteiger partial charge in [-0.15, -0.1) is 0 Å². The molecule has 4 saturated carbocycles. The molecule has 0 saturated heterocycles. The Hall–Kier alpha value is -3.59. The number of esters is 4. The van der Waals surface area contributed by atoms with E-state index in [2.05, 4.69) is 9.47 Å². The Labute approximate surface area is 358 Å². The number of methoxy groups -OCH3 is 1. The molecule has 29 heteroatoms. The lowest BCUT2D eigenvalue weighted by Gasteiger charge is -2.64. The smallest absolute Gasteiger partial charge is 0.460 e. The minimum absolute atomic E-state index is 0.179. The van der Waals surface area contributed by atoms with Crippen LogP contribution in [0.2, 0.25) is 0 Å². The van der Waals surface area contributed by atoms with E-state index in [0.717, 1.165) is 14.0 Å². The van der Waals surface area contributed by atoms with Gasteiger partial charge >= 0.3 is 77.9 Å². The molecule has 0 radical (unpaired) electrons. The van der Waals surface area contributed by atoms with Gasteiger partial charge in [-0.3, -0.25) is 4.79 Å². The minimum Gasteiger partial charge on any atom is -0.469 e. The van der Waals surface area contributed by atoms with Crippen molar-refractivity contribution in [2.75, 3.05) is 7.11 Å². The zero-order valence-corrected chi connectivity index (χ0v) is 34.3. The number of hydrogen-bond acceptors (Lipinski definition) is 8. The van der Waals surface area contributed by atoms with Crippen molar-refractivity contribution in [2.24, 2.45) is 46.3 Å². The first-order valence-electron chi connectivity index (χ1n) is 19.6. The molecular weight excluding hydrogens is 971 g/mol. The van der Waals surface area contributed by atoms with Gasteiger partial charge in [-0.25, -0.2) is 14.4 Å². The molecule has 0 N–H and O–H groups in total. The first kappa shape index (κ1) is 55.0. The fraction of sp³-hybridized carbons (Fsp3) is 0.892. The monoisotopic (exact) mass is 1010 g/mol. The number of hydrogen-bond donors (Lipinski definition) is 0. The number of carbonyl (C=O) groups excluding carboxylic acids is 4. The van der Waals surface area contributed by atoms with Gasteiger partial charge in [-0.1, -0.05) is 20.8 Å². The summed E-state index contributed by atoms with van der Waals surface area (Å²) in [5.74, 6) is -61.0. The van der Waals surface area contributed by atoms with Gasteiger partial charge in [-0.05, 0) is 86.4 Å². The second kappa shape index (κ2) is 17.1. The summed E-state index contributed by atoms with van der Waals surface area (Å²) >= 11 is 0. The zero-order valence-electron chi connectivity index (χ0n) is 34.3. The average molecular weight is 1010 g/mol. The highest BCUT2D eigenvalue weighted by Gasteiger charge is 2.80. The van der Waals surface area contributed by atoms with E-state index in [-0.39, 0.29) is 19.3 Å². The molecule has 0 heterocycles. The third kappa shape index (κ3) is 8.72. The largest absolute Gasteiger partial charge is 0.469 e. The molecular formula is C37H39F21O8. The number of rotatable bonds is 13. The van der Waals surface area contributed by atoms with Gasteiger partial charge in [0.05, 0.1) is 7.11 Å². The third-order valence-corrected chi connectivity index (χ3v) is 14.3. The molecule has 0 unspecified atom stereocenters. The molecule has 0 aliphatic heterocycles. The average Bonchev–Trinajstić information content (AvgIpc) is 3.53. The fourth-order valence-corrected chi connectivity index (χ4v) is 10.7. The lowest BCUT2D eigenvalue weighted by Crippen LogP contribution is -2.65. The lowest BCUT2D eigenvalue weighted by atomic mass is 9.43.